The van der Waals surface area contributed by atoms with Crippen molar-refractivity contribution in [2.45, 2.75) is 292 Å². The fourth-order valence-corrected chi connectivity index (χ4v) is 4.91. The van der Waals surface area contributed by atoms with Crippen LogP contribution in [0.15, 0.2) is 0 Å². The van der Waals surface area contributed by atoms with Gasteiger partial charge in [-0.3, -0.25) is 0 Å². The lowest BCUT2D eigenvalue weighted by Crippen LogP contribution is -2.40. The molecule has 1 aliphatic carbocycles. The van der Waals surface area contributed by atoms with Gasteiger partial charge >= 0.3 is 6.18 Å². The second kappa shape index (κ2) is 58.3. The van der Waals surface area contributed by atoms with Crippen LogP contribution in [0.4, 0.5) is 13.2 Å². The van der Waals surface area contributed by atoms with E-state index in [0.717, 1.165) is 84.9 Å². The molecule has 2 fully saturated rings. The van der Waals surface area contributed by atoms with Gasteiger partial charge in [-0.05, 0) is 109 Å². The van der Waals surface area contributed by atoms with E-state index in [2.05, 4.69) is 166 Å². The molecule has 5 heteroatoms. The molecule has 0 radical (unpaired) electrons. The van der Waals surface area contributed by atoms with Gasteiger partial charge in [-0.15, -0.1) is 0 Å². The molecule has 2 aliphatic rings. The number of halogens is 3. The fraction of sp³-hybridized carbons (Fsp3) is 1.00. The summed E-state index contributed by atoms with van der Waals surface area (Å²) in [4.78, 5) is 0. The lowest BCUT2D eigenvalue weighted by molar-refractivity contribution is -0.141. The van der Waals surface area contributed by atoms with Crippen LogP contribution in [0.1, 0.15) is 294 Å². The van der Waals surface area contributed by atoms with E-state index < -0.39 is 26.3 Å². The molecule has 0 spiro atoms. The van der Waals surface area contributed by atoms with Crippen molar-refractivity contribution in [3.05, 3.63) is 0 Å². The van der Waals surface area contributed by atoms with E-state index in [1.807, 2.05) is 0 Å². The summed E-state index contributed by atoms with van der Waals surface area (Å²) in [6, 6.07) is 0. The van der Waals surface area contributed by atoms with Crippen molar-refractivity contribution < 1.29 is 30.9 Å². The average molecular weight is 981 g/mol. The molecule has 0 aromatic heterocycles. The van der Waals surface area contributed by atoms with Crippen LogP contribution in [-0.2, 0) is 9.47 Å². The van der Waals surface area contributed by atoms with Crippen LogP contribution in [0.2, 0.25) is 0 Å². The Morgan fingerprint density at radius 3 is 0.925 bits per heavy atom. The van der Waals surface area contributed by atoms with Crippen LogP contribution in [0.5, 0.6) is 0 Å². The van der Waals surface area contributed by atoms with Gasteiger partial charge in [-0.25, -0.2) is 0 Å². The zero-order valence-corrected chi connectivity index (χ0v) is 52.2. The minimum Gasteiger partial charge on any atom is -0.385 e. The molecule has 1 heterocycles. The third kappa shape index (κ3) is 153. The first kappa shape index (κ1) is 71.0. The molecule has 2 nitrogen and oxygen atoms in total. The summed E-state index contributed by atoms with van der Waals surface area (Å²) in [5.74, 6) is 9.04. The van der Waals surface area contributed by atoms with Gasteiger partial charge in [0.05, 0.1) is 13.2 Å². The topological polar surface area (TPSA) is 18.5 Å². The highest BCUT2D eigenvalue weighted by Crippen LogP contribution is 2.35. The summed E-state index contributed by atoms with van der Waals surface area (Å²) in [5.41, 5.74) is 0.522. The maximum atomic E-state index is 11.3. The van der Waals surface area contributed by atoms with E-state index in [9.17, 15) is 13.2 Å². The number of hydrogen-bond donors (Lipinski definition) is 0. The number of rotatable bonds is 14. The van der Waals surface area contributed by atoms with Gasteiger partial charge in [-0.2, -0.15) is 13.2 Å². The fourth-order valence-electron chi connectivity index (χ4n) is 4.91. The molecule has 1 saturated carbocycles. The van der Waals surface area contributed by atoms with Crippen LogP contribution in [0.3, 0.4) is 0 Å². The molecule has 420 valence electrons. The minimum absolute atomic E-state index is 0.201. The van der Waals surface area contributed by atoms with E-state index in [1.54, 1.807) is 48.7 Å². The summed E-state index contributed by atoms with van der Waals surface area (Å²) in [6.07, 6.45) is 7.71. The van der Waals surface area contributed by atoms with Crippen molar-refractivity contribution in [3.8, 4) is 0 Å². The van der Waals surface area contributed by atoms with Crippen molar-refractivity contribution in [2.75, 3.05) is 26.9 Å². The number of hydrogen-bond acceptors (Lipinski definition) is 2. The first-order valence-electron chi connectivity index (χ1n) is 30.7. The monoisotopic (exact) mass is 980 g/mol. The maximum Gasteiger partial charge on any atom is 0.389 e. The molecule has 0 atom stereocenters. The third-order valence-corrected chi connectivity index (χ3v) is 8.80. The van der Waals surface area contributed by atoms with E-state index in [-0.39, 0.29) is 17.8 Å². The lowest BCUT2D eigenvalue weighted by Gasteiger charge is -2.39. The van der Waals surface area contributed by atoms with Crippen molar-refractivity contribution >= 4 is 0 Å². The van der Waals surface area contributed by atoms with Crippen molar-refractivity contribution in [1.82, 2.24) is 0 Å². The molecule has 0 bridgehead atoms. The summed E-state index contributed by atoms with van der Waals surface area (Å²) < 4.78 is 84.2. The van der Waals surface area contributed by atoms with Crippen LogP contribution in [-0.4, -0.2) is 33.1 Å². The van der Waals surface area contributed by atoms with Crippen LogP contribution >= 0.6 is 0 Å². The second-order valence-corrected chi connectivity index (χ2v) is 24.9. The first-order valence-corrected chi connectivity index (χ1v) is 27.7. The third-order valence-electron chi connectivity index (χ3n) is 8.80. The van der Waals surface area contributed by atoms with E-state index in [0.29, 0.717) is 5.41 Å². The molecule has 67 heavy (non-hydrogen) atoms. The lowest BCUT2D eigenvalue weighted by atomic mass is 9.80. The zero-order chi connectivity index (χ0) is 60.7. The predicted octanol–water partition coefficient (Wildman–Crippen LogP) is 23.3. The van der Waals surface area contributed by atoms with Gasteiger partial charge in [0.1, 0.15) is 0 Å². The molecule has 0 aromatic rings. The molecule has 2 rings (SSSR count). The zero-order valence-electron chi connectivity index (χ0n) is 58.2. The molecule has 1 saturated heterocycles. The molecule has 1 aliphatic heterocycles. The predicted molar refractivity (Wildman–Crippen MR) is 308 cm³/mol. The largest absolute Gasteiger partial charge is 0.389 e. The Bertz CT molecular complexity index is 980. The molecule has 0 aromatic carbocycles. The summed E-state index contributed by atoms with van der Waals surface area (Å²) in [7, 11) is 1.74. The van der Waals surface area contributed by atoms with Crippen LogP contribution in [0.25, 0.3) is 0 Å². The van der Waals surface area contributed by atoms with E-state index in [4.69, 9.17) is 17.7 Å². The van der Waals surface area contributed by atoms with Gasteiger partial charge in [0.15, 0.2) is 0 Å². The second-order valence-electron chi connectivity index (χ2n) is 24.9. The van der Waals surface area contributed by atoms with E-state index in [1.165, 1.54) is 57.8 Å². The van der Waals surface area contributed by atoms with Gasteiger partial charge in [0.25, 0.3) is 0 Å². The Morgan fingerprint density at radius 1 is 0.537 bits per heavy atom. The Labute approximate surface area is 436 Å². The average Bonchev–Trinajstić information content (AvgIpc) is 3.96. The summed E-state index contributed by atoms with van der Waals surface area (Å²) in [5, 5.41) is 0. The highest BCUT2D eigenvalue weighted by Gasteiger charge is 2.33. The smallest absolute Gasteiger partial charge is 0.385 e. The molecule has 0 amide bonds. The highest BCUT2D eigenvalue weighted by atomic mass is 19.4. The Kier molecular flexibility index (Phi) is 61.7. The Hall–Kier alpha value is -0.290. The quantitative estimate of drug-likeness (QED) is 0.162. The minimum atomic E-state index is -3.98. The Morgan fingerprint density at radius 2 is 0.881 bits per heavy atom. The number of methoxy groups -OCH3 is 1. The van der Waals surface area contributed by atoms with E-state index >= 15 is 0 Å². The standard InChI is InChI=1S/C8H16O.C7H14.C7H16.C6H14O.2C6H14.C5H9F3.C5H12.3C4H10/c1-7(2)4-8(3)5-9-6-8;1-6(2)5-7-3-4-7;1-6(2)5-7(3)4;1-6(2)4-5-7-3;1-5(2)6(3)4;1-4-5-6(2)3;1-4(2)3-5(6,7)8;1-4-5(2)3;3*1-4(2)3/h7H,4-6H2,1-3H3;6-7H,3-5H2,1-2H3;6-7H,5H2,1-4H3;6H,4-5H2,1-3H3;5-6H,1-4H3;6H,4-5H2,1-3H3;4H,3H2,1-2H3;5H,4H2,1-3H3;3*4H,1-3H3/i;;;;;;;;1+1D3;1D3;. The van der Waals surface area contributed by atoms with Crippen molar-refractivity contribution in [3.63, 3.8) is 0 Å². The molecule has 0 N–H and O–H groups in total. The van der Waals surface area contributed by atoms with Crippen molar-refractivity contribution in [2.24, 2.45) is 88.3 Å². The van der Waals surface area contributed by atoms with Gasteiger partial charge in [0, 0.05) is 33.8 Å². The van der Waals surface area contributed by atoms with Crippen LogP contribution < -0.4 is 0 Å². The molecule has 0 unspecified atom stereocenters. The van der Waals surface area contributed by atoms with Crippen LogP contribution in [0, 0.1) is 88.3 Å². The van der Waals surface area contributed by atoms with Crippen molar-refractivity contribution in [1.29, 1.82) is 0 Å². The first-order chi connectivity index (χ1) is 32.5. The summed E-state index contributed by atoms with van der Waals surface area (Å²) >= 11 is 0. The number of alkyl halides is 3. The highest BCUT2D eigenvalue weighted by molar-refractivity contribution is 4.81. The van der Waals surface area contributed by atoms with Gasteiger partial charge < -0.3 is 9.47 Å². The molecular weight excluding hydrogens is 835 g/mol. The summed E-state index contributed by atoms with van der Waals surface area (Å²) in [6.45, 7) is 62.9. The normalized spacial score (nSPS) is 15.1. The molecular formula is C62H139F3O2. The number of ether oxygens (including phenoxy) is 2. The SMILES string of the molecule is CC(C)C.CC(C)C(C)C.CC(C)CC(C)C.CC(C)CC(F)(F)F.CC(C)CC1(C)COC1.CC(C)CC1CC1.CCC(C)C.CCCC(C)C.COCCC(C)C.[2H]C([2H])([2H])C(C)C.[2H][13C]([2H])([2H])C(C)C. The van der Waals surface area contributed by atoms with Gasteiger partial charge in [-0.1, -0.05) is 254 Å². The Balaban J connectivity index is -0.0000000886. The van der Waals surface area contributed by atoms with Gasteiger partial charge in [0.2, 0.25) is 0 Å². The maximum absolute atomic E-state index is 11.3.